The first-order valence-electron chi connectivity index (χ1n) is 13.3. The normalized spacial score (nSPS) is 31.5. The van der Waals surface area contributed by atoms with E-state index in [1.807, 2.05) is 0 Å². The van der Waals surface area contributed by atoms with Crippen molar-refractivity contribution in [3.8, 4) is 0 Å². The van der Waals surface area contributed by atoms with E-state index in [9.17, 15) is 38.7 Å². The van der Waals surface area contributed by atoms with Gasteiger partial charge in [0.2, 0.25) is 0 Å². The maximum absolute atomic E-state index is 12.2. The quantitative estimate of drug-likeness (QED) is 0.203. The highest BCUT2D eigenvalue weighted by Crippen LogP contribution is 2.34. The summed E-state index contributed by atoms with van der Waals surface area (Å²) in [6.07, 6.45) is -16.3. The van der Waals surface area contributed by atoms with Crippen LogP contribution in [0.3, 0.4) is 0 Å². The van der Waals surface area contributed by atoms with Crippen molar-refractivity contribution >= 4 is 41.8 Å². The van der Waals surface area contributed by atoms with Crippen molar-refractivity contribution in [2.45, 2.75) is 110 Å². The van der Waals surface area contributed by atoms with E-state index in [-0.39, 0.29) is 0 Å². The highest BCUT2D eigenvalue weighted by atomic mass is 16.8. The van der Waals surface area contributed by atoms with Gasteiger partial charge in [0.25, 0.3) is 0 Å². The van der Waals surface area contributed by atoms with Crippen molar-refractivity contribution in [3.05, 3.63) is 0 Å². The predicted octanol–water partition coefficient (Wildman–Crippen LogP) is -1.40. The molecule has 0 aromatic heterocycles. The summed E-state index contributed by atoms with van der Waals surface area (Å²) in [6.45, 7) is 6.11. The highest BCUT2D eigenvalue weighted by Gasteiger charge is 2.57. The lowest BCUT2D eigenvalue weighted by Crippen LogP contribution is -2.67. The number of carbonyl (C=O) groups excluding carboxylic acids is 7. The lowest BCUT2D eigenvalue weighted by molar-refractivity contribution is -0.357. The molecule has 1 N–H and O–H groups in total. The summed E-state index contributed by atoms with van der Waals surface area (Å²) in [7, 11) is 0. The Kier molecular flexibility index (Phi) is 13.4. The van der Waals surface area contributed by atoms with Crippen molar-refractivity contribution in [1.82, 2.24) is 0 Å². The second-order valence-corrected chi connectivity index (χ2v) is 9.68. The summed E-state index contributed by atoms with van der Waals surface area (Å²) < 4.78 is 54.1. The van der Waals surface area contributed by atoms with E-state index < -0.39 is 116 Å². The van der Waals surface area contributed by atoms with Gasteiger partial charge in [-0.25, -0.2) is 0 Å². The zero-order valence-corrected chi connectivity index (χ0v) is 25.1. The molecule has 0 aromatic rings. The average molecular weight is 637 g/mol. The summed E-state index contributed by atoms with van der Waals surface area (Å²) in [6, 6.07) is 0. The predicted molar refractivity (Wildman–Crippen MR) is 135 cm³/mol. The van der Waals surface area contributed by atoms with Crippen LogP contribution in [0.2, 0.25) is 0 Å². The molecule has 0 bridgehead atoms. The molecule has 0 saturated carbocycles. The molecule has 0 aliphatic carbocycles. The number of carbonyl (C=O) groups is 7. The molecule has 18 heteroatoms. The van der Waals surface area contributed by atoms with Crippen LogP contribution in [0, 0.1) is 0 Å². The highest BCUT2D eigenvalue weighted by molar-refractivity contribution is 5.69. The van der Waals surface area contributed by atoms with Crippen LogP contribution in [0.1, 0.15) is 48.5 Å². The SMILES string of the molecule is CC(=O)OCC1O[C@@H](O)C(OC(C)=O)C(OC(C)=O)[C@@H]1O[C@@H]1OC(COC(C)=O)[C@H](OC(C)=O)C(OC(C)=O)C1OC(C)=O. The Morgan fingerprint density at radius 2 is 0.841 bits per heavy atom. The molecule has 2 fully saturated rings. The molecule has 0 radical (unpaired) electrons. The molecular weight excluding hydrogens is 600 g/mol. The Balaban J connectivity index is 2.66. The van der Waals surface area contributed by atoms with E-state index >= 15 is 0 Å². The zero-order chi connectivity index (χ0) is 33.3. The molecule has 2 heterocycles. The largest absolute Gasteiger partial charge is 0.463 e. The Labute approximate surface area is 251 Å². The Morgan fingerprint density at radius 1 is 0.477 bits per heavy atom. The average Bonchev–Trinajstić information content (AvgIpc) is 2.87. The van der Waals surface area contributed by atoms with Gasteiger partial charge in [-0.05, 0) is 0 Å². The van der Waals surface area contributed by atoms with Gasteiger partial charge in [-0.2, -0.15) is 0 Å². The van der Waals surface area contributed by atoms with Gasteiger partial charge in [-0.15, -0.1) is 0 Å². The third-order valence-electron chi connectivity index (χ3n) is 5.90. The summed E-state index contributed by atoms with van der Waals surface area (Å²) in [4.78, 5) is 83.5. The van der Waals surface area contributed by atoms with E-state index in [0.717, 1.165) is 48.5 Å². The topological polar surface area (TPSA) is 232 Å². The number of esters is 7. The van der Waals surface area contributed by atoms with Gasteiger partial charge in [0.05, 0.1) is 0 Å². The van der Waals surface area contributed by atoms with Crippen LogP contribution in [0.25, 0.3) is 0 Å². The minimum atomic E-state index is -1.90. The fourth-order valence-electron chi connectivity index (χ4n) is 4.49. The molecule has 18 nitrogen and oxygen atoms in total. The monoisotopic (exact) mass is 636 g/mol. The Bertz CT molecular complexity index is 1090. The van der Waals surface area contributed by atoms with Gasteiger partial charge in [-0.3, -0.25) is 33.6 Å². The molecule has 248 valence electrons. The smallest absolute Gasteiger partial charge is 0.303 e. The van der Waals surface area contributed by atoms with Crippen LogP contribution in [0.4, 0.5) is 0 Å². The first kappa shape index (κ1) is 36.3. The third kappa shape index (κ3) is 10.7. The second-order valence-electron chi connectivity index (χ2n) is 9.68. The first-order chi connectivity index (χ1) is 20.5. The standard InChI is InChI=1S/C26H36O18/c1-10(27)35-8-17-20(21(38-13(4)30)23(25(34)42-17)40-15(6)32)44-26-24(41-16(7)33)22(39-14(5)31)19(37-12(3)29)18(43-26)9-36-11(2)28/h17-26,34H,8-9H2,1-7H3/t17?,18?,19-,20+,21?,22?,23?,24?,25+,26-/m0/s1. The molecule has 2 saturated heterocycles. The molecule has 0 spiro atoms. The molecule has 44 heavy (non-hydrogen) atoms. The van der Waals surface area contributed by atoms with Crippen LogP contribution in [0.5, 0.6) is 0 Å². The van der Waals surface area contributed by atoms with E-state index in [0.29, 0.717) is 0 Å². The van der Waals surface area contributed by atoms with Gasteiger partial charge in [-0.1, -0.05) is 0 Å². The Morgan fingerprint density at radius 3 is 1.27 bits per heavy atom. The van der Waals surface area contributed by atoms with Crippen molar-refractivity contribution in [2.24, 2.45) is 0 Å². The lowest BCUT2D eigenvalue weighted by atomic mass is 9.96. The fraction of sp³-hybridized carbons (Fsp3) is 0.731. The molecular formula is C26H36O18. The first-order valence-corrected chi connectivity index (χ1v) is 13.3. The summed E-state index contributed by atoms with van der Waals surface area (Å²) in [5, 5.41) is 10.6. The van der Waals surface area contributed by atoms with E-state index in [1.54, 1.807) is 0 Å². The summed E-state index contributed by atoms with van der Waals surface area (Å²) >= 11 is 0. The molecule has 10 atom stereocenters. The molecule has 2 aliphatic heterocycles. The van der Waals surface area contributed by atoms with Crippen molar-refractivity contribution in [2.75, 3.05) is 13.2 Å². The van der Waals surface area contributed by atoms with Gasteiger partial charge >= 0.3 is 41.8 Å². The second kappa shape index (κ2) is 16.3. The van der Waals surface area contributed by atoms with Crippen molar-refractivity contribution in [3.63, 3.8) is 0 Å². The molecule has 0 amide bonds. The van der Waals surface area contributed by atoms with Crippen molar-refractivity contribution < 1.29 is 86.0 Å². The molecule has 2 rings (SSSR count). The van der Waals surface area contributed by atoms with Crippen LogP contribution < -0.4 is 0 Å². The maximum atomic E-state index is 12.2. The van der Waals surface area contributed by atoms with Gasteiger partial charge in [0.15, 0.2) is 43.1 Å². The number of ether oxygens (including phenoxy) is 10. The molecule has 0 aromatic carbocycles. The Hall–Kier alpha value is -3.87. The van der Waals surface area contributed by atoms with E-state index in [4.69, 9.17) is 47.4 Å². The van der Waals surface area contributed by atoms with Gasteiger partial charge in [0.1, 0.15) is 31.5 Å². The minimum Gasteiger partial charge on any atom is -0.463 e. The lowest BCUT2D eigenvalue weighted by Gasteiger charge is -2.48. The number of rotatable bonds is 11. The fourth-order valence-corrected chi connectivity index (χ4v) is 4.49. The van der Waals surface area contributed by atoms with E-state index in [1.165, 1.54) is 0 Å². The number of aliphatic hydroxyl groups excluding tert-OH is 1. The van der Waals surface area contributed by atoms with Crippen molar-refractivity contribution in [1.29, 1.82) is 0 Å². The third-order valence-corrected chi connectivity index (χ3v) is 5.90. The number of aliphatic hydroxyl groups is 1. The van der Waals surface area contributed by atoms with Crippen LogP contribution in [-0.4, -0.2) is 122 Å². The summed E-state index contributed by atoms with van der Waals surface area (Å²) in [5.74, 6) is -6.03. The minimum absolute atomic E-state index is 0.572. The zero-order valence-electron chi connectivity index (χ0n) is 25.1. The van der Waals surface area contributed by atoms with Crippen LogP contribution >= 0.6 is 0 Å². The van der Waals surface area contributed by atoms with Crippen LogP contribution in [0.15, 0.2) is 0 Å². The summed E-state index contributed by atoms with van der Waals surface area (Å²) in [5.41, 5.74) is 0. The number of hydrogen-bond acceptors (Lipinski definition) is 18. The maximum Gasteiger partial charge on any atom is 0.303 e. The van der Waals surface area contributed by atoms with Gasteiger partial charge in [0, 0.05) is 48.5 Å². The van der Waals surface area contributed by atoms with Crippen LogP contribution in [-0.2, 0) is 80.9 Å². The molecule has 6 unspecified atom stereocenters. The van der Waals surface area contributed by atoms with Gasteiger partial charge < -0.3 is 52.5 Å². The molecule has 2 aliphatic rings. The van der Waals surface area contributed by atoms with E-state index in [2.05, 4.69) is 0 Å². The number of hydrogen-bond donors (Lipinski definition) is 1.